The maximum absolute atomic E-state index is 13.1. The van der Waals surface area contributed by atoms with E-state index in [0.29, 0.717) is 23.1 Å². The Morgan fingerprint density at radius 3 is 2.52 bits per heavy atom. The number of amides is 1. The van der Waals surface area contributed by atoms with Gasteiger partial charge in [-0.2, -0.15) is 4.73 Å². The third kappa shape index (κ3) is 4.80. The first kappa shape index (κ1) is 18.8. The molecule has 5 nitrogen and oxygen atoms in total. The maximum Gasteiger partial charge on any atom is 0.252 e. The van der Waals surface area contributed by atoms with Crippen LogP contribution in [0.4, 0.5) is 5.69 Å². The lowest BCUT2D eigenvalue weighted by Crippen LogP contribution is -2.29. The minimum Gasteiger partial charge on any atom is -0.618 e. The Bertz CT molecular complexity index is 903. The summed E-state index contributed by atoms with van der Waals surface area (Å²) >= 11 is 1.21. The summed E-state index contributed by atoms with van der Waals surface area (Å²) in [6, 6.07) is 21.8. The molecule has 6 heteroatoms. The highest BCUT2D eigenvalue weighted by Gasteiger charge is 2.26. The number of para-hydroxylation sites is 2. The maximum atomic E-state index is 13.1. The molecule has 27 heavy (non-hydrogen) atoms. The number of carbonyl (C=O) groups is 1. The van der Waals surface area contributed by atoms with Gasteiger partial charge in [-0.3, -0.25) is 4.79 Å². The lowest BCUT2D eigenvalue weighted by molar-refractivity contribution is -0.645. The monoisotopic (exact) mass is 380 g/mol. The first-order valence-corrected chi connectivity index (χ1v) is 9.49. The van der Waals surface area contributed by atoms with Crippen LogP contribution < -0.4 is 14.8 Å². The van der Waals surface area contributed by atoms with Crippen LogP contribution in [0.2, 0.25) is 0 Å². The summed E-state index contributed by atoms with van der Waals surface area (Å²) in [5.41, 5.74) is 1.42. The summed E-state index contributed by atoms with van der Waals surface area (Å²) in [4.78, 5) is 13.1. The van der Waals surface area contributed by atoms with Crippen LogP contribution in [0.5, 0.6) is 5.75 Å². The molecule has 0 bridgehead atoms. The van der Waals surface area contributed by atoms with E-state index in [9.17, 15) is 10.0 Å². The van der Waals surface area contributed by atoms with Crippen molar-refractivity contribution in [2.45, 2.75) is 17.2 Å². The molecule has 0 saturated carbocycles. The van der Waals surface area contributed by atoms with Gasteiger partial charge in [0.15, 0.2) is 6.20 Å². The van der Waals surface area contributed by atoms with Gasteiger partial charge in [0.25, 0.3) is 5.03 Å². The van der Waals surface area contributed by atoms with Gasteiger partial charge < -0.3 is 15.3 Å². The van der Waals surface area contributed by atoms with Gasteiger partial charge in [-0.25, -0.2) is 0 Å². The molecule has 2 aromatic carbocycles. The van der Waals surface area contributed by atoms with Crippen molar-refractivity contribution in [2.24, 2.45) is 0 Å². The zero-order valence-electron chi connectivity index (χ0n) is 14.9. The number of aromatic nitrogens is 1. The highest BCUT2D eigenvalue weighted by atomic mass is 32.2. The van der Waals surface area contributed by atoms with Crippen LogP contribution in [0.1, 0.15) is 17.7 Å². The van der Waals surface area contributed by atoms with Gasteiger partial charge >= 0.3 is 0 Å². The van der Waals surface area contributed by atoms with E-state index in [1.165, 1.54) is 18.0 Å². The average molecular weight is 380 g/mol. The summed E-state index contributed by atoms with van der Waals surface area (Å²) in [7, 11) is 0. The molecule has 0 aliphatic heterocycles. The largest absolute Gasteiger partial charge is 0.618 e. The van der Waals surface area contributed by atoms with E-state index in [-0.39, 0.29) is 5.91 Å². The number of benzene rings is 2. The zero-order valence-corrected chi connectivity index (χ0v) is 15.7. The van der Waals surface area contributed by atoms with Crippen molar-refractivity contribution in [2.75, 3.05) is 11.9 Å². The van der Waals surface area contributed by atoms with Crippen LogP contribution >= 0.6 is 11.8 Å². The van der Waals surface area contributed by atoms with E-state index in [1.807, 2.05) is 55.5 Å². The second-order valence-corrected chi connectivity index (χ2v) is 6.82. The van der Waals surface area contributed by atoms with E-state index >= 15 is 0 Å². The summed E-state index contributed by atoms with van der Waals surface area (Å²) in [5, 5.41) is 14.9. The quantitative estimate of drug-likeness (QED) is 0.379. The molecule has 0 fully saturated rings. The molecule has 1 amide bonds. The molecular weight excluding hydrogens is 360 g/mol. The van der Waals surface area contributed by atoms with Crippen LogP contribution in [0.25, 0.3) is 0 Å². The van der Waals surface area contributed by atoms with Crippen molar-refractivity contribution in [3.63, 3.8) is 0 Å². The predicted octanol–water partition coefficient (Wildman–Crippen LogP) is 4.19. The zero-order chi connectivity index (χ0) is 19.1. The Labute approximate surface area is 162 Å². The number of thioether (sulfide) groups is 1. The van der Waals surface area contributed by atoms with Crippen LogP contribution in [0, 0.1) is 5.21 Å². The van der Waals surface area contributed by atoms with Crippen molar-refractivity contribution < 1.29 is 14.3 Å². The second-order valence-electron chi connectivity index (χ2n) is 5.69. The number of ether oxygens (including phenoxy) is 1. The summed E-state index contributed by atoms with van der Waals surface area (Å²) in [6.45, 7) is 2.40. The van der Waals surface area contributed by atoms with Gasteiger partial charge in [0.1, 0.15) is 11.0 Å². The lowest BCUT2D eigenvalue weighted by atomic mass is 10.1. The van der Waals surface area contributed by atoms with E-state index in [0.717, 1.165) is 10.3 Å². The first-order valence-electron chi connectivity index (χ1n) is 8.61. The fourth-order valence-corrected chi connectivity index (χ4v) is 3.60. The number of pyridine rings is 1. The minimum atomic E-state index is -0.580. The van der Waals surface area contributed by atoms with Crippen molar-refractivity contribution in [3.8, 4) is 5.75 Å². The molecule has 3 rings (SSSR count). The second kappa shape index (κ2) is 9.09. The Hall–Kier alpha value is -2.99. The minimum absolute atomic E-state index is 0.220. The molecule has 1 atom stereocenters. The van der Waals surface area contributed by atoms with Gasteiger partial charge in [-0.05, 0) is 42.4 Å². The standard InChI is InChI=1S/C21H20N2O3S/c1-2-26-18-13-7-6-12-17(18)22-21(24)20(16-10-4-3-5-11-16)27-19-14-8-9-15-23(19)25/h3-15,20H,2H2,1H3,(H,22,24)/t20-/m0/s1. The van der Waals surface area contributed by atoms with Gasteiger partial charge in [-0.1, -0.05) is 42.5 Å². The summed E-state index contributed by atoms with van der Waals surface area (Å²) < 4.78 is 6.35. The fraction of sp³-hybridized carbons (Fsp3) is 0.143. The number of anilines is 1. The molecule has 1 aromatic heterocycles. The van der Waals surface area contributed by atoms with Crippen LogP contribution in [0.15, 0.2) is 84.0 Å². The molecule has 3 aromatic rings. The summed E-state index contributed by atoms with van der Waals surface area (Å²) in [6.07, 6.45) is 1.42. The molecule has 0 radical (unpaired) electrons. The van der Waals surface area contributed by atoms with E-state index in [2.05, 4.69) is 5.32 Å². The number of nitrogens with zero attached hydrogens (tertiary/aromatic N) is 1. The average Bonchev–Trinajstić information content (AvgIpc) is 2.69. The molecule has 138 valence electrons. The van der Waals surface area contributed by atoms with Crippen molar-refractivity contribution in [1.29, 1.82) is 0 Å². The van der Waals surface area contributed by atoms with Crippen molar-refractivity contribution in [1.82, 2.24) is 0 Å². The smallest absolute Gasteiger partial charge is 0.252 e. The molecule has 0 saturated heterocycles. The number of nitrogens with one attached hydrogen (secondary N) is 1. The van der Waals surface area contributed by atoms with Crippen LogP contribution in [-0.2, 0) is 4.79 Å². The first-order chi connectivity index (χ1) is 13.2. The van der Waals surface area contributed by atoms with Crippen molar-refractivity contribution >= 4 is 23.4 Å². The molecule has 0 aliphatic carbocycles. The lowest BCUT2D eigenvalue weighted by Gasteiger charge is -2.18. The SMILES string of the molecule is CCOc1ccccc1NC(=O)[C@@H](Sc1cccc[n+]1[O-])c1ccccc1. The fourth-order valence-electron chi connectivity index (χ4n) is 2.57. The number of rotatable bonds is 7. The molecule has 0 spiro atoms. The van der Waals surface area contributed by atoms with E-state index in [1.54, 1.807) is 24.3 Å². The van der Waals surface area contributed by atoms with Crippen LogP contribution in [-0.4, -0.2) is 12.5 Å². The van der Waals surface area contributed by atoms with Crippen LogP contribution in [0.3, 0.4) is 0 Å². The highest BCUT2D eigenvalue weighted by Crippen LogP contribution is 2.35. The number of hydrogen-bond acceptors (Lipinski definition) is 4. The Kier molecular flexibility index (Phi) is 6.33. The van der Waals surface area contributed by atoms with Gasteiger partial charge in [0, 0.05) is 12.1 Å². The van der Waals surface area contributed by atoms with Gasteiger partial charge in [-0.15, -0.1) is 0 Å². The van der Waals surface area contributed by atoms with E-state index < -0.39 is 5.25 Å². The number of hydrogen-bond donors (Lipinski definition) is 1. The third-order valence-electron chi connectivity index (χ3n) is 3.81. The normalized spacial score (nSPS) is 11.6. The molecule has 0 aliphatic rings. The highest BCUT2D eigenvalue weighted by molar-refractivity contribution is 8.00. The van der Waals surface area contributed by atoms with Gasteiger partial charge in [0.2, 0.25) is 5.91 Å². The predicted molar refractivity (Wildman–Crippen MR) is 107 cm³/mol. The Balaban J connectivity index is 1.89. The molecule has 0 unspecified atom stereocenters. The third-order valence-corrected chi connectivity index (χ3v) is 5.09. The molecular formula is C21H20N2O3S. The topological polar surface area (TPSA) is 65.3 Å². The Morgan fingerprint density at radius 1 is 1.07 bits per heavy atom. The Morgan fingerprint density at radius 2 is 1.78 bits per heavy atom. The van der Waals surface area contributed by atoms with Gasteiger partial charge in [0.05, 0.1) is 12.3 Å². The molecule has 1 heterocycles. The van der Waals surface area contributed by atoms with E-state index in [4.69, 9.17) is 4.74 Å². The molecule has 1 N–H and O–H groups in total. The number of carbonyl (C=O) groups excluding carboxylic acids is 1. The van der Waals surface area contributed by atoms with Crippen molar-refractivity contribution in [3.05, 3.63) is 89.8 Å². The summed E-state index contributed by atoms with van der Waals surface area (Å²) in [5.74, 6) is 0.394.